The third-order valence-corrected chi connectivity index (χ3v) is 6.24. The summed E-state index contributed by atoms with van der Waals surface area (Å²) in [7, 11) is 0. The van der Waals surface area contributed by atoms with Crippen molar-refractivity contribution in [3.05, 3.63) is 64.7 Å². The smallest absolute Gasteiger partial charge is 0.193 e. The van der Waals surface area contributed by atoms with Crippen molar-refractivity contribution in [1.29, 1.82) is 0 Å². The Morgan fingerprint density at radius 1 is 0.645 bits per heavy atom. The summed E-state index contributed by atoms with van der Waals surface area (Å²) in [6, 6.07) is 14.0. The van der Waals surface area contributed by atoms with Crippen LogP contribution in [0.3, 0.4) is 0 Å². The SMILES string of the molecule is CCCCCCCCc1ccccc1C(=O)c1ccc(N)cc1CCCCCCCC. The topological polar surface area (TPSA) is 43.1 Å². The zero-order valence-corrected chi connectivity index (χ0v) is 19.9. The van der Waals surface area contributed by atoms with Gasteiger partial charge in [0.05, 0.1) is 0 Å². The predicted molar refractivity (Wildman–Crippen MR) is 135 cm³/mol. The number of nitrogens with two attached hydrogens (primary N) is 1. The first-order valence-electron chi connectivity index (χ1n) is 12.7. The van der Waals surface area contributed by atoms with Gasteiger partial charge in [-0.3, -0.25) is 4.79 Å². The number of ketones is 1. The first-order chi connectivity index (χ1) is 15.2. The highest BCUT2D eigenvalue weighted by Crippen LogP contribution is 2.23. The van der Waals surface area contributed by atoms with E-state index >= 15 is 0 Å². The number of unbranched alkanes of at least 4 members (excludes halogenated alkanes) is 10. The number of carbonyl (C=O) groups is 1. The molecule has 0 aromatic heterocycles. The van der Waals surface area contributed by atoms with Crippen molar-refractivity contribution in [2.75, 3.05) is 5.73 Å². The lowest BCUT2D eigenvalue weighted by molar-refractivity contribution is 0.103. The summed E-state index contributed by atoms with van der Waals surface area (Å²) in [6.07, 6.45) is 17.0. The first-order valence-corrected chi connectivity index (χ1v) is 12.7. The van der Waals surface area contributed by atoms with Gasteiger partial charge in [-0.1, -0.05) is 102 Å². The molecule has 170 valence electrons. The summed E-state index contributed by atoms with van der Waals surface area (Å²) < 4.78 is 0. The van der Waals surface area contributed by atoms with Gasteiger partial charge in [-0.2, -0.15) is 0 Å². The van der Waals surface area contributed by atoms with Crippen LogP contribution >= 0.6 is 0 Å². The molecular formula is C29H43NO. The number of rotatable bonds is 16. The van der Waals surface area contributed by atoms with Gasteiger partial charge < -0.3 is 5.73 Å². The van der Waals surface area contributed by atoms with Crippen LogP contribution in [0.15, 0.2) is 42.5 Å². The molecule has 0 aliphatic heterocycles. The molecule has 31 heavy (non-hydrogen) atoms. The average Bonchev–Trinajstić information content (AvgIpc) is 2.78. The minimum atomic E-state index is 0.155. The van der Waals surface area contributed by atoms with Gasteiger partial charge in [0, 0.05) is 16.8 Å². The minimum absolute atomic E-state index is 0.155. The van der Waals surface area contributed by atoms with E-state index in [0.717, 1.165) is 48.1 Å². The molecule has 2 aromatic carbocycles. The fourth-order valence-corrected chi connectivity index (χ4v) is 4.34. The Morgan fingerprint density at radius 2 is 1.16 bits per heavy atom. The molecule has 2 rings (SSSR count). The molecule has 0 radical (unpaired) electrons. The molecule has 0 fully saturated rings. The molecule has 0 saturated carbocycles. The highest BCUT2D eigenvalue weighted by molar-refractivity contribution is 6.11. The Bertz CT molecular complexity index is 780. The monoisotopic (exact) mass is 421 g/mol. The highest BCUT2D eigenvalue weighted by atomic mass is 16.1. The lowest BCUT2D eigenvalue weighted by atomic mass is 9.91. The highest BCUT2D eigenvalue weighted by Gasteiger charge is 2.17. The van der Waals surface area contributed by atoms with E-state index in [1.807, 2.05) is 30.3 Å². The van der Waals surface area contributed by atoms with Crippen molar-refractivity contribution in [2.24, 2.45) is 0 Å². The Labute approximate surface area is 190 Å². The second-order valence-corrected chi connectivity index (χ2v) is 8.94. The van der Waals surface area contributed by atoms with E-state index in [1.54, 1.807) is 0 Å². The summed E-state index contributed by atoms with van der Waals surface area (Å²) in [5, 5.41) is 0. The quantitative estimate of drug-likeness (QED) is 0.168. The maximum absolute atomic E-state index is 13.5. The molecule has 2 heteroatoms. The molecule has 0 amide bonds. The van der Waals surface area contributed by atoms with Crippen LogP contribution < -0.4 is 5.73 Å². The molecule has 0 aliphatic carbocycles. The van der Waals surface area contributed by atoms with Crippen molar-refractivity contribution in [1.82, 2.24) is 0 Å². The van der Waals surface area contributed by atoms with Crippen molar-refractivity contribution < 1.29 is 4.79 Å². The van der Waals surface area contributed by atoms with Gasteiger partial charge in [0.15, 0.2) is 5.78 Å². The van der Waals surface area contributed by atoms with E-state index < -0.39 is 0 Å². The molecular weight excluding hydrogens is 378 g/mol. The van der Waals surface area contributed by atoms with E-state index in [0.29, 0.717) is 0 Å². The molecule has 2 aromatic rings. The molecule has 0 aliphatic rings. The fraction of sp³-hybridized carbons (Fsp3) is 0.552. The third kappa shape index (κ3) is 8.89. The van der Waals surface area contributed by atoms with Crippen LogP contribution in [0.2, 0.25) is 0 Å². The van der Waals surface area contributed by atoms with Gasteiger partial charge in [-0.15, -0.1) is 0 Å². The Morgan fingerprint density at radius 3 is 1.81 bits per heavy atom. The predicted octanol–water partition coefficient (Wildman–Crippen LogP) is 8.31. The number of carbonyl (C=O) groups excluding carboxylic acids is 1. The second-order valence-electron chi connectivity index (χ2n) is 8.94. The molecule has 2 N–H and O–H groups in total. The van der Waals surface area contributed by atoms with Crippen molar-refractivity contribution >= 4 is 11.5 Å². The molecule has 0 saturated heterocycles. The number of aryl methyl sites for hydroxylation is 2. The van der Waals surface area contributed by atoms with Crippen LogP contribution in [-0.2, 0) is 12.8 Å². The number of anilines is 1. The summed E-state index contributed by atoms with van der Waals surface area (Å²) in [5.41, 5.74) is 10.8. The number of hydrogen-bond donors (Lipinski definition) is 1. The van der Waals surface area contributed by atoms with Crippen LogP contribution in [-0.4, -0.2) is 5.78 Å². The summed E-state index contributed by atoms with van der Waals surface area (Å²) in [6.45, 7) is 4.49. The van der Waals surface area contributed by atoms with Crippen LogP contribution in [0.1, 0.15) is 118 Å². The Balaban J connectivity index is 2.03. The normalized spacial score (nSPS) is 11.0. The lowest BCUT2D eigenvalue weighted by Gasteiger charge is -2.13. The minimum Gasteiger partial charge on any atom is -0.399 e. The van der Waals surface area contributed by atoms with E-state index in [1.165, 1.54) is 69.8 Å². The number of benzene rings is 2. The largest absolute Gasteiger partial charge is 0.399 e. The second kappa shape index (κ2) is 14.8. The Kier molecular flexibility index (Phi) is 12.0. The summed E-state index contributed by atoms with van der Waals surface area (Å²) in [4.78, 5) is 13.5. The molecule has 0 heterocycles. The zero-order chi connectivity index (χ0) is 22.3. The maximum atomic E-state index is 13.5. The van der Waals surface area contributed by atoms with Gasteiger partial charge >= 0.3 is 0 Å². The zero-order valence-electron chi connectivity index (χ0n) is 19.9. The van der Waals surface area contributed by atoms with E-state index in [-0.39, 0.29) is 5.78 Å². The number of hydrogen-bond acceptors (Lipinski definition) is 2. The van der Waals surface area contributed by atoms with Crippen molar-refractivity contribution in [2.45, 2.75) is 104 Å². The molecule has 2 nitrogen and oxygen atoms in total. The van der Waals surface area contributed by atoms with Gasteiger partial charge in [0.2, 0.25) is 0 Å². The van der Waals surface area contributed by atoms with Gasteiger partial charge in [0.25, 0.3) is 0 Å². The molecule has 0 unspecified atom stereocenters. The van der Waals surface area contributed by atoms with Gasteiger partial charge in [-0.25, -0.2) is 0 Å². The van der Waals surface area contributed by atoms with Crippen molar-refractivity contribution in [3.8, 4) is 0 Å². The van der Waals surface area contributed by atoms with Crippen LogP contribution in [0.25, 0.3) is 0 Å². The van der Waals surface area contributed by atoms with Gasteiger partial charge in [0.1, 0.15) is 0 Å². The van der Waals surface area contributed by atoms with Crippen molar-refractivity contribution in [3.63, 3.8) is 0 Å². The number of nitrogen functional groups attached to an aromatic ring is 1. The van der Waals surface area contributed by atoms with E-state index in [4.69, 9.17) is 5.73 Å². The van der Waals surface area contributed by atoms with Crippen LogP contribution in [0.5, 0.6) is 0 Å². The third-order valence-electron chi connectivity index (χ3n) is 6.24. The van der Waals surface area contributed by atoms with E-state index in [2.05, 4.69) is 26.0 Å². The summed E-state index contributed by atoms with van der Waals surface area (Å²) in [5.74, 6) is 0.155. The average molecular weight is 422 g/mol. The Hall–Kier alpha value is -2.09. The fourth-order valence-electron chi connectivity index (χ4n) is 4.34. The lowest BCUT2D eigenvalue weighted by Crippen LogP contribution is -2.09. The first kappa shape index (κ1) is 25.2. The molecule has 0 bridgehead atoms. The standard InChI is InChI=1S/C29H43NO/c1-3-5-7-9-11-13-17-24-18-15-16-20-27(24)29(31)28-22-21-26(30)23-25(28)19-14-12-10-8-6-4-2/h15-16,18,20-23H,3-14,17,19,30H2,1-2H3. The molecule has 0 atom stereocenters. The maximum Gasteiger partial charge on any atom is 0.193 e. The summed E-state index contributed by atoms with van der Waals surface area (Å²) >= 11 is 0. The van der Waals surface area contributed by atoms with Crippen LogP contribution in [0, 0.1) is 0 Å². The van der Waals surface area contributed by atoms with E-state index in [9.17, 15) is 4.79 Å². The molecule has 0 spiro atoms. The van der Waals surface area contributed by atoms with Gasteiger partial charge in [-0.05, 0) is 55.0 Å². The van der Waals surface area contributed by atoms with Crippen LogP contribution in [0.4, 0.5) is 5.69 Å².